The van der Waals surface area contributed by atoms with Gasteiger partial charge in [-0.15, -0.1) is 5.92 Å². The Bertz CT molecular complexity index is 218. The van der Waals surface area contributed by atoms with Gasteiger partial charge >= 0.3 is 0 Å². The zero-order valence-corrected chi connectivity index (χ0v) is 6.88. The molecule has 0 spiro atoms. The Morgan fingerprint density at radius 2 is 2.00 bits per heavy atom. The molecule has 0 amide bonds. The Morgan fingerprint density at radius 1 is 1.33 bits per heavy atom. The van der Waals surface area contributed by atoms with Gasteiger partial charge in [-0.1, -0.05) is 40.6 Å². The van der Waals surface area contributed by atoms with Gasteiger partial charge in [-0.05, 0) is 0 Å². The summed E-state index contributed by atoms with van der Waals surface area (Å²) in [6.45, 7) is 1.43. The van der Waals surface area contributed by atoms with Gasteiger partial charge in [-0.3, -0.25) is 0 Å². The summed E-state index contributed by atoms with van der Waals surface area (Å²) in [6, 6.07) is 0. The van der Waals surface area contributed by atoms with Gasteiger partial charge in [-0.25, -0.2) is 0 Å². The van der Waals surface area contributed by atoms with Crippen LogP contribution in [-0.4, -0.2) is 5.33 Å². The lowest BCUT2D eigenvalue weighted by Gasteiger charge is -1.70. The highest BCUT2D eigenvalue weighted by atomic mass is 79.9. The van der Waals surface area contributed by atoms with E-state index in [2.05, 4.69) is 39.6 Å². The van der Waals surface area contributed by atoms with Crippen molar-refractivity contribution >= 4 is 15.9 Å². The minimum Gasteiger partial charge on any atom is -0.103 e. The summed E-state index contributed by atoms with van der Waals surface area (Å²) >= 11 is 3.15. The fourth-order valence-electron chi connectivity index (χ4n) is 0.287. The molecule has 0 aromatic rings. The van der Waals surface area contributed by atoms with Crippen LogP contribution in [0.4, 0.5) is 0 Å². The van der Waals surface area contributed by atoms with Crippen LogP contribution in [0.1, 0.15) is 22.5 Å². The third-order valence-corrected chi connectivity index (χ3v) is 0.862. The number of hydrogen-bond donors (Lipinski definition) is 0. The van der Waals surface area contributed by atoms with Crippen molar-refractivity contribution in [2.24, 2.45) is 0 Å². The molecule has 0 radical (unpaired) electrons. The molecule has 0 aromatic heterocycles. The van der Waals surface area contributed by atoms with E-state index in [9.17, 15) is 0 Å². The Morgan fingerprint density at radius 3 is 2.56 bits per heavy atom. The maximum Gasteiger partial charge on any atom is 0.0702 e. The quantitative estimate of drug-likeness (QED) is 0.402. The minimum atomic E-state index is -1.39. The van der Waals surface area contributed by atoms with E-state index in [1.165, 1.54) is 6.92 Å². The van der Waals surface area contributed by atoms with E-state index in [1.807, 2.05) is 0 Å². The first-order valence-electron chi connectivity index (χ1n) is 3.58. The summed E-state index contributed by atoms with van der Waals surface area (Å²) in [7, 11) is 0. The Balaban J connectivity index is 3.74. The molecule has 0 rings (SSSR count). The number of alkyl halides is 1. The molecular weight excluding hydrogens is 176 g/mol. The highest BCUT2D eigenvalue weighted by Crippen LogP contribution is 1.76. The summed E-state index contributed by atoms with van der Waals surface area (Å²) in [5.74, 6) is 10.6. The molecular formula is C8H9Br. The summed E-state index contributed by atoms with van der Waals surface area (Å²) in [4.78, 5) is 0. The van der Waals surface area contributed by atoms with Gasteiger partial charge in [0.1, 0.15) is 0 Å². The molecule has 0 N–H and O–H groups in total. The Kier molecular flexibility index (Phi) is 4.55. The molecule has 0 unspecified atom stereocenters. The van der Waals surface area contributed by atoms with Gasteiger partial charge in [0.2, 0.25) is 0 Å². The van der Waals surface area contributed by atoms with Crippen molar-refractivity contribution < 1.29 is 2.74 Å². The van der Waals surface area contributed by atoms with Crippen molar-refractivity contribution in [2.75, 3.05) is 5.33 Å². The molecule has 9 heavy (non-hydrogen) atoms. The van der Waals surface area contributed by atoms with Gasteiger partial charge in [0, 0.05) is 9.11 Å². The van der Waals surface area contributed by atoms with Crippen molar-refractivity contribution in [1.82, 2.24) is 0 Å². The summed E-state index contributed by atoms with van der Waals surface area (Å²) in [6.07, 6.45) is -0.949. The van der Waals surface area contributed by atoms with Crippen molar-refractivity contribution in [3.05, 3.63) is 0 Å². The number of rotatable bonds is 0. The molecule has 0 saturated carbocycles. The van der Waals surface area contributed by atoms with Crippen molar-refractivity contribution in [3.8, 4) is 23.7 Å². The number of hydrogen-bond acceptors (Lipinski definition) is 0. The summed E-state index contributed by atoms with van der Waals surface area (Å²) < 4.78 is 14.1. The van der Waals surface area contributed by atoms with Crippen molar-refractivity contribution in [1.29, 1.82) is 0 Å². The van der Waals surface area contributed by atoms with Gasteiger partial charge in [0.05, 0.1) is 11.8 Å². The standard InChI is InChI=1S/C8H9Br/c1-2-3-4-5-6-7-8-9/h2,5,8H2,1H3/i2D2. The topological polar surface area (TPSA) is 0 Å². The van der Waals surface area contributed by atoms with Gasteiger partial charge < -0.3 is 0 Å². The molecule has 0 aliphatic heterocycles. The lowest BCUT2D eigenvalue weighted by atomic mass is 10.4. The number of halogens is 1. The lowest BCUT2D eigenvalue weighted by Crippen LogP contribution is -1.62. The van der Waals surface area contributed by atoms with E-state index < -0.39 is 6.37 Å². The average Bonchev–Trinajstić information content (AvgIpc) is 1.85. The molecule has 0 atom stereocenters. The van der Waals surface area contributed by atoms with Crippen LogP contribution >= 0.6 is 15.9 Å². The monoisotopic (exact) mass is 186 g/mol. The van der Waals surface area contributed by atoms with Crippen molar-refractivity contribution in [3.63, 3.8) is 0 Å². The van der Waals surface area contributed by atoms with Crippen LogP contribution in [0.2, 0.25) is 0 Å². The Hall–Kier alpha value is -0.400. The molecule has 1 heteroatoms. The van der Waals surface area contributed by atoms with Crippen LogP contribution < -0.4 is 0 Å². The van der Waals surface area contributed by atoms with E-state index >= 15 is 0 Å². The smallest absolute Gasteiger partial charge is 0.0702 e. The largest absolute Gasteiger partial charge is 0.103 e. The third-order valence-electron chi connectivity index (χ3n) is 0.582. The predicted molar refractivity (Wildman–Crippen MR) is 44.3 cm³/mol. The normalized spacial score (nSPS) is 11.3. The molecule has 0 nitrogen and oxygen atoms in total. The SMILES string of the molecule is [2H]C([2H])(C)C#CCC#CCBr. The molecule has 0 saturated heterocycles. The molecule has 0 fully saturated rings. The minimum absolute atomic E-state index is 0.443. The second kappa shape index (κ2) is 7.60. The molecule has 0 aromatic carbocycles. The second-order valence-corrected chi connectivity index (χ2v) is 1.78. The van der Waals surface area contributed by atoms with Gasteiger partial charge in [0.15, 0.2) is 0 Å². The first kappa shape index (κ1) is 5.39. The van der Waals surface area contributed by atoms with Crippen LogP contribution in [-0.2, 0) is 0 Å². The van der Waals surface area contributed by atoms with E-state index in [1.54, 1.807) is 0 Å². The van der Waals surface area contributed by atoms with Crippen molar-refractivity contribution in [2.45, 2.75) is 19.7 Å². The molecule has 0 aliphatic rings. The van der Waals surface area contributed by atoms with Gasteiger partial charge in [-0.2, -0.15) is 0 Å². The average molecular weight is 187 g/mol. The van der Waals surface area contributed by atoms with E-state index in [0.717, 1.165) is 0 Å². The maximum atomic E-state index is 7.05. The fraction of sp³-hybridized carbons (Fsp3) is 0.500. The first-order chi connectivity index (χ1) is 5.06. The molecule has 0 aliphatic carbocycles. The van der Waals surface area contributed by atoms with Crippen LogP contribution in [0, 0.1) is 23.7 Å². The third kappa shape index (κ3) is 7.60. The second-order valence-electron chi connectivity index (χ2n) is 1.22. The summed E-state index contributed by atoms with van der Waals surface area (Å²) in [5, 5.41) is 0.647. The molecule has 48 valence electrons. The predicted octanol–water partition coefficient (Wildman–Crippen LogP) is 2.19. The molecule has 0 bridgehead atoms. The fourth-order valence-corrected chi connectivity index (χ4v) is 0.485. The first-order valence-corrected chi connectivity index (χ1v) is 3.70. The molecule has 0 heterocycles. The zero-order chi connectivity index (χ0) is 8.74. The van der Waals surface area contributed by atoms with E-state index in [0.29, 0.717) is 11.8 Å². The summed E-state index contributed by atoms with van der Waals surface area (Å²) in [5.41, 5.74) is 0. The van der Waals surface area contributed by atoms with Crippen LogP contribution in [0.15, 0.2) is 0 Å². The van der Waals surface area contributed by atoms with E-state index in [-0.39, 0.29) is 0 Å². The lowest BCUT2D eigenvalue weighted by molar-refractivity contribution is 1.27. The van der Waals surface area contributed by atoms with Crippen LogP contribution in [0.25, 0.3) is 0 Å². The van der Waals surface area contributed by atoms with E-state index in [4.69, 9.17) is 2.74 Å². The zero-order valence-electron chi connectivity index (χ0n) is 7.29. The Labute approximate surface area is 68.0 Å². The van der Waals surface area contributed by atoms with Crippen LogP contribution in [0.5, 0.6) is 0 Å². The highest BCUT2D eigenvalue weighted by Gasteiger charge is 1.64. The van der Waals surface area contributed by atoms with Crippen LogP contribution in [0.3, 0.4) is 0 Å². The highest BCUT2D eigenvalue weighted by molar-refractivity contribution is 9.09. The maximum absolute atomic E-state index is 7.05. The van der Waals surface area contributed by atoms with Gasteiger partial charge in [0.25, 0.3) is 0 Å².